The van der Waals surface area contributed by atoms with Gasteiger partial charge in [0.05, 0.1) is 11.3 Å². The first-order valence-electron chi connectivity index (χ1n) is 10.8. The Hall–Kier alpha value is -2.80. The van der Waals surface area contributed by atoms with Gasteiger partial charge in [-0.1, -0.05) is 35.9 Å². The van der Waals surface area contributed by atoms with Gasteiger partial charge in [0, 0.05) is 25.7 Å². The smallest absolute Gasteiger partial charge is 0.283 e. The van der Waals surface area contributed by atoms with Gasteiger partial charge in [-0.15, -0.1) is 0 Å². The molecule has 0 unspecified atom stereocenters. The van der Waals surface area contributed by atoms with E-state index in [1.54, 1.807) is 6.07 Å². The van der Waals surface area contributed by atoms with Crippen LogP contribution < -0.4 is 0 Å². The number of rotatable bonds is 6. The lowest BCUT2D eigenvalue weighted by atomic mass is 9.99. The molecular formula is C23H21ClFN3O6S2. The van der Waals surface area contributed by atoms with E-state index in [1.807, 2.05) is 0 Å². The zero-order chi connectivity index (χ0) is 26.2. The minimum absolute atomic E-state index is 0.0263. The summed E-state index contributed by atoms with van der Waals surface area (Å²) in [6.07, 6.45) is 1.94. The number of carbonyl (C=O) groups excluding carboxylic acids is 1. The highest BCUT2D eigenvalue weighted by molar-refractivity contribution is 7.91. The maximum atomic E-state index is 13.6. The minimum Gasteiger partial charge on any atom is -0.509 e. The number of hydrogen-bond acceptors (Lipinski definition) is 6. The predicted octanol–water partition coefficient (Wildman–Crippen LogP) is 2.75. The standard InChI is InChI=1S/C23H21ClFN3O6S2/c1-27(35(2,31)32)12-14-4-3-5-15-19(26-36(33,34)20(14)15)18-21(29)23(8-9-23)28(22(18)30)11-13-6-7-17(25)16(24)10-13/h3-7,10,29H,8-9,11-12H2,1-2H3. The number of aliphatic hydroxyl groups excluding tert-OH is 1. The fourth-order valence-electron chi connectivity index (χ4n) is 4.63. The highest BCUT2D eigenvalue weighted by Gasteiger charge is 2.61. The molecule has 13 heteroatoms. The molecule has 9 nitrogen and oxygen atoms in total. The van der Waals surface area contributed by atoms with Crippen molar-refractivity contribution in [3.05, 3.63) is 75.3 Å². The summed E-state index contributed by atoms with van der Waals surface area (Å²) in [7, 11) is -6.54. The van der Waals surface area contributed by atoms with Crippen LogP contribution in [0.4, 0.5) is 4.39 Å². The average molecular weight is 554 g/mol. The van der Waals surface area contributed by atoms with Crippen molar-refractivity contribution < 1.29 is 31.1 Å². The number of nitrogens with zero attached hydrogens (tertiary/aromatic N) is 3. The van der Waals surface area contributed by atoms with Crippen molar-refractivity contribution in [1.82, 2.24) is 9.21 Å². The zero-order valence-electron chi connectivity index (χ0n) is 19.2. The number of amides is 1. The van der Waals surface area contributed by atoms with Gasteiger partial charge < -0.3 is 10.0 Å². The lowest BCUT2D eigenvalue weighted by Gasteiger charge is -2.25. The summed E-state index contributed by atoms with van der Waals surface area (Å²) in [5.74, 6) is -1.47. The average Bonchev–Trinajstić information content (AvgIpc) is 3.51. The van der Waals surface area contributed by atoms with Gasteiger partial charge in [-0.2, -0.15) is 12.8 Å². The number of aliphatic hydroxyl groups is 1. The molecule has 1 saturated carbocycles. The molecule has 190 valence electrons. The van der Waals surface area contributed by atoms with Crippen LogP contribution >= 0.6 is 11.6 Å². The van der Waals surface area contributed by atoms with Crippen LogP contribution in [0.15, 0.2) is 57.0 Å². The second-order valence-corrected chi connectivity index (χ2v) is 13.2. The van der Waals surface area contributed by atoms with Crippen LogP contribution in [0.25, 0.3) is 0 Å². The van der Waals surface area contributed by atoms with Crippen molar-refractivity contribution in [2.24, 2.45) is 4.40 Å². The molecule has 0 radical (unpaired) electrons. The number of sulfonamides is 2. The summed E-state index contributed by atoms with van der Waals surface area (Å²) in [6.45, 7) is -0.192. The van der Waals surface area contributed by atoms with Gasteiger partial charge in [-0.05, 0) is 36.1 Å². The molecule has 2 aromatic carbocycles. The Morgan fingerprint density at radius 3 is 2.56 bits per heavy atom. The Labute approximate surface area is 212 Å². The summed E-state index contributed by atoms with van der Waals surface area (Å²) in [5, 5.41) is 11.0. The molecule has 2 aromatic rings. The summed E-state index contributed by atoms with van der Waals surface area (Å²) >= 11 is 5.88. The van der Waals surface area contributed by atoms with Gasteiger partial charge in [0.25, 0.3) is 15.9 Å². The molecule has 3 aliphatic rings. The van der Waals surface area contributed by atoms with Crippen LogP contribution in [0.3, 0.4) is 0 Å². The van der Waals surface area contributed by atoms with Crippen molar-refractivity contribution in [2.45, 2.75) is 36.4 Å². The SMILES string of the molecule is CN(Cc1cccc2c1S(=O)(=O)N=C2C1=C(O)C2(CC2)N(Cc2ccc(F)c(Cl)c2)C1=O)S(C)(=O)=O. The van der Waals surface area contributed by atoms with Gasteiger partial charge in [-0.25, -0.2) is 17.1 Å². The molecule has 0 saturated heterocycles. The summed E-state index contributed by atoms with van der Waals surface area (Å²) in [5.41, 5.74) is -0.520. The van der Waals surface area contributed by atoms with Crippen molar-refractivity contribution in [2.75, 3.05) is 13.3 Å². The number of benzene rings is 2. The molecule has 0 atom stereocenters. The fraction of sp³-hybridized carbons (Fsp3) is 0.304. The minimum atomic E-state index is -4.27. The Morgan fingerprint density at radius 1 is 1.25 bits per heavy atom. The Bertz CT molecular complexity index is 1610. The van der Waals surface area contributed by atoms with Crippen molar-refractivity contribution in [3.63, 3.8) is 0 Å². The van der Waals surface area contributed by atoms with Gasteiger partial charge >= 0.3 is 0 Å². The maximum Gasteiger partial charge on any atom is 0.283 e. The van der Waals surface area contributed by atoms with Crippen molar-refractivity contribution in [1.29, 1.82) is 0 Å². The first-order chi connectivity index (χ1) is 16.8. The Balaban J connectivity index is 1.55. The highest BCUT2D eigenvalue weighted by Crippen LogP contribution is 2.54. The lowest BCUT2D eigenvalue weighted by molar-refractivity contribution is -0.127. The van der Waals surface area contributed by atoms with Gasteiger partial charge in [0.1, 0.15) is 33.3 Å². The van der Waals surface area contributed by atoms with Crippen LogP contribution in [-0.4, -0.2) is 61.6 Å². The summed E-state index contributed by atoms with van der Waals surface area (Å²) in [6, 6.07) is 8.56. The third-order valence-electron chi connectivity index (χ3n) is 6.72. The van der Waals surface area contributed by atoms with E-state index in [4.69, 9.17) is 11.6 Å². The third kappa shape index (κ3) is 3.83. The molecule has 36 heavy (non-hydrogen) atoms. The first kappa shape index (κ1) is 24.9. The molecule has 5 rings (SSSR count). The number of halogens is 2. The monoisotopic (exact) mass is 553 g/mol. The second-order valence-electron chi connectivity index (χ2n) is 9.12. The molecule has 0 aromatic heterocycles. The Morgan fingerprint density at radius 2 is 1.94 bits per heavy atom. The first-order valence-corrected chi connectivity index (χ1v) is 14.5. The topological polar surface area (TPSA) is 124 Å². The Kier molecular flexibility index (Phi) is 5.60. The number of fused-ring (bicyclic) bond motifs is 1. The molecule has 1 spiro atoms. The third-order valence-corrected chi connectivity index (χ3v) is 9.69. The van der Waals surface area contributed by atoms with Crippen LogP contribution in [0.2, 0.25) is 5.02 Å². The van der Waals surface area contributed by atoms with Gasteiger partial charge in [-0.3, -0.25) is 4.79 Å². The molecule has 1 amide bonds. The van der Waals surface area contributed by atoms with E-state index in [2.05, 4.69) is 4.40 Å². The summed E-state index contributed by atoms with van der Waals surface area (Å²) < 4.78 is 68.4. The second kappa shape index (κ2) is 8.10. The van der Waals surface area contributed by atoms with E-state index < -0.39 is 37.3 Å². The van der Waals surface area contributed by atoms with Crippen molar-refractivity contribution >= 4 is 43.3 Å². The summed E-state index contributed by atoms with van der Waals surface area (Å²) in [4.78, 5) is 14.8. The fourth-order valence-corrected chi connectivity index (χ4v) is 6.63. The van der Waals surface area contributed by atoms with Gasteiger partial charge in [0.2, 0.25) is 10.0 Å². The zero-order valence-corrected chi connectivity index (χ0v) is 21.6. The molecule has 2 heterocycles. The number of hydrogen-bond donors (Lipinski definition) is 1. The molecule has 2 aliphatic heterocycles. The van der Waals surface area contributed by atoms with E-state index in [0.29, 0.717) is 18.4 Å². The van der Waals surface area contributed by atoms with Crippen molar-refractivity contribution in [3.8, 4) is 0 Å². The maximum absolute atomic E-state index is 13.6. The van der Waals surface area contributed by atoms with Gasteiger partial charge in [0.15, 0.2) is 0 Å². The van der Waals surface area contributed by atoms with E-state index in [0.717, 1.165) is 10.6 Å². The van der Waals surface area contributed by atoms with Crippen LogP contribution in [0.1, 0.15) is 29.5 Å². The predicted molar refractivity (Wildman–Crippen MR) is 130 cm³/mol. The quantitative estimate of drug-likeness (QED) is 0.586. The van der Waals surface area contributed by atoms with Crippen LogP contribution in [0.5, 0.6) is 0 Å². The van der Waals surface area contributed by atoms with E-state index in [9.17, 15) is 31.1 Å². The lowest BCUT2D eigenvalue weighted by Crippen LogP contribution is -2.37. The number of carbonyl (C=O) groups is 1. The molecular weight excluding hydrogens is 533 g/mol. The molecule has 1 N–H and O–H groups in total. The molecule has 0 bridgehead atoms. The molecule has 1 fully saturated rings. The van der Waals surface area contributed by atoms with E-state index >= 15 is 0 Å². The molecule has 1 aliphatic carbocycles. The van der Waals surface area contributed by atoms with Crippen LogP contribution in [0, 0.1) is 5.82 Å². The largest absolute Gasteiger partial charge is 0.509 e. The van der Waals surface area contributed by atoms with E-state index in [1.165, 1.54) is 42.3 Å². The van der Waals surface area contributed by atoms with Crippen LogP contribution in [-0.2, 0) is 37.9 Å². The van der Waals surface area contributed by atoms with E-state index in [-0.39, 0.29) is 51.2 Å². The normalized spacial score (nSPS) is 19.9. The highest BCUT2D eigenvalue weighted by atomic mass is 35.5.